The van der Waals surface area contributed by atoms with E-state index >= 15 is 0 Å². The molecule has 0 unspecified atom stereocenters. The van der Waals surface area contributed by atoms with E-state index in [-0.39, 0.29) is 0 Å². The minimum Gasteiger partial charge on any atom is -0.242 e. The van der Waals surface area contributed by atoms with E-state index in [4.69, 9.17) is 0 Å². The van der Waals surface area contributed by atoms with E-state index < -0.39 is 0 Å². The average Bonchev–Trinajstić information content (AvgIpc) is 2.01. The molecule has 1 aromatic heterocycles. The van der Waals surface area contributed by atoms with Crippen molar-refractivity contribution < 1.29 is 0 Å². The Morgan fingerprint density at radius 1 is 1.45 bits per heavy atom. The number of thioether (sulfide) groups is 1. The summed E-state index contributed by atoms with van der Waals surface area (Å²) in [5.41, 5.74) is 1.97. The van der Waals surface area contributed by atoms with Gasteiger partial charge in [-0.3, -0.25) is 0 Å². The molecule has 0 aliphatic rings. The van der Waals surface area contributed by atoms with Crippen molar-refractivity contribution in [3.8, 4) is 0 Å². The third kappa shape index (κ3) is 2.72. The van der Waals surface area contributed by atoms with E-state index in [0.717, 1.165) is 11.4 Å². The monoisotopic (exact) mass is 166 g/mol. The maximum atomic E-state index is 4.07. The topological polar surface area (TPSA) is 25.8 Å². The molecule has 0 aromatic carbocycles. The Labute approximate surface area is 70.8 Å². The van der Waals surface area contributed by atoms with E-state index in [2.05, 4.69) is 9.97 Å². The highest BCUT2D eigenvalue weighted by atomic mass is 32.2. The first-order chi connectivity index (χ1) is 5.33. The van der Waals surface area contributed by atoms with Gasteiger partial charge in [0.05, 0.1) is 5.69 Å². The van der Waals surface area contributed by atoms with E-state index in [1.54, 1.807) is 18.1 Å². The fourth-order valence-corrected chi connectivity index (χ4v) is 0.980. The lowest BCUT2D eigenvalue weighted by molar-refractivity contribution is 1.09. The van der Waals surface area contributed by atoms with Crippen LogP contribution in [-0.4, -0.2) is 16.2 Å². The molecule has 1 heterocycles. The Hall–Kier alpha value is -0.830. The molecule has 1 aromatic rings. The average molecular weight is 166 g/mol. The maximum absolute atomic E-state index is 4.07. The van der Waals surface area contributed by atoms with Gasteiger partial charge in [-0.2, -0.15) is 0 Å². The Balaban J connectivity index is 2.79. The second-order valence-corrected chi connectivity index (χ2v) is 2.87. The SMILES string of the molecule is CS/C=C/c1cc(C)ncn1. The molecule has 3 heteroatoms. The summed E-state index contributed by atoms with van der Waals surface area (Å²) in [5, 5.41) is 2.00. The smallest absolute Gasteiger partial charge is 0.116 e. The molecule has 0 bridgehead atoms. The van der Waals surface area contributed by atoms with E-state index in [1.807, 2.05) is 30.7 Å². The van der Waals surface area contributed by atoms with Crippen molar-refractivity contribution in [3.05, 3.63) is 29.2 Å². The summed E-state index contributed by atoms with van der Waals surface area (Å²) < 4.78 is 0. The van der Waals surface area contributed by atoms with Crippen LogP contribution in [0.2, 0.25) is 0 Å². The molecular weight excluding hydrogens is 156 g/mol. The van der Waals surface area contributed by atoms with E-state index in [0.29, 0.717) is 0 Å². The molecular formula is C8H10N2S. The van der Waals surface area contributed by atoms with Crippen LogP contribution < -0.4 is 0 Å². The maximum Gasteiger partial charge on any atom is 0.116 e. The summed E-state index contributed by atoms with van der Waals surface area (Å²) in [6.45, 7) is 1.96. The zero-order chi connectivity index (χ0) is 8.10. The second-order valence-electron chi connectivity index (χ2n) is 2.12. The van der Waals surface area contributed by atoms with Crippen LogP contribution in [0.5, 0.6) is 0 Å². The lowest BCUT2D eigenvalue weighted by Crippen LogP contribution is -1.85. The van der Waals surface area contributed by atoms with Crippen molar-refractivity contribution in [3.63, 3.8) is 0 Å². The highest BCUT2D eigenvalue weighted by molar-refractivity contribution is 8.01. The Bertz CT molecular complexity index is 258. The first-order valence-corrected chi connectivity index (χ1v) is 4.59. The predicted octanol–water partition coefficient (Wildman–Crippen LogP) is 2.12. The molecule has 0 atom stereocenters. The number of nitrogens with zero attached hydrogens (tertiary/aromatic N) is 2. The lowest BCUT2D eigenvalue weighted by atomic mass is 10.3. The summed E-state index contributed by atoms with van der Waals surface area (Å²) in [4.78, 5) is 8.06. The van der Waals surface area contributed by atoms with Gasteiger partial charge in [-0.1, -0.05) is 0 Å². The second kappa shape index (κ2) is 4.13. The van der Waals surface area contributed by atoms with Crippen molar-refractivity contribution in [1.82, 2.24) is 9.97 Å². The third-order valence-electron chi connectivity index (χ3n) is 1.20. The van der Waals surface area contributed by atoms with Gasteiger partial charge in [-0.25, -0.2) is 9.97 Å². The molecule has 0 saturated heterocycles. The Kier molecular flexibility index (Phi) is 3.11. The van der Waals surface area contributed by atoms with E-state index in [1.165, 1.54) is 0 Å². The number of aromatic nitrogens is 2. The van der Waals surface area contributed by atoms with Crippen LogP contribution in [0.3, 0.4) is 0 Å². The molecule has 1 rings (SSSR count). The lowest BCUT2D eigenvalue weighted by Gasteiger charge is -1.92. The van der Waals surface area contributed by atoms with Crippen LogP contribution >= 0.6 is 11.8 Å². The van der Waals surface area contributed by atoms with Crippen LogP contribution in [0.4, 0.5) is 0 Å². The molecule has 2 nitrogen and oxygen atoms in total. The first kappa shape index (κ1) is 8.27. The van der Waals surface area contributed by atoms with Crippen LogP contribution in [0.15, 0.2) is 17.8 Å². The number of hydrogen-bond acceptors (Lipinski definition) is 3. The van der Waals surface area contributed by atoms with Crippen molar-refractivity contribution >= 4 is 17.8 Å². The highest BCUT2D eigenvalue weighted by Crippen LogP contribution is 2.02. The largest absolute Gasteiger partial charge is 0.242 e. The molecule has 0 aliphatic heterocycles. The quantitative estimate of drug-likeness (QED) is 0.673. The minimum atomic E-state index is 0.965. The van der Waals surface area contributed by atoms with Gasteiger partial charge in [0.15, 0.2) is 0 Å². The third-order valence-corrected chi connectivity index (χ3v) is 1.61. The van der Waals surface area contributed by atoms with E-state index in [9.17, 15) is 0 Å². The standard InChI is InChI=1S/C8H10N2S/c1-7-5-8(3-4-11-2)10-6-9-7/h3-6H,1-2H3/b4-3+. The first-order valence-electron chi connectivity index (χ1n) is 3.31. The van der Waals surface area contributed by atoms with Crippen molar-refractivity contribution in [2.24, 2.45) is 0 Å². The molecule has 0 N–H and O–H groups in total. The molecule has 0 fully saturated rings. The van der Waals surface area contributed by atoms with Crippen LogP contribution in [0.1, 0.15) is 11.4 Å². The number of aryl methyl sites for hydroxylation is 1. The highest BCUT2D eigenvalue weighted by Gasteiger charge is 1.87. The molecule has 0 aliphatic carbocycles. The van der Waals surface area contributed by atoms with Crippen LogP contribution in [0, 0.1) is 6.92 Å². The minimum absolute atomic E-state index is 0.965. The Morgan fingerprint density at radius 2 is 2.27 bits per heavy atom. The van der Waals surface area contributed by atoms with Gasteiger partial charge in [0.1, 0.15) is 6.33 Å². The summed E-state index contributed by atoms with van der Waals surface area (Å²) in [5.74, 6) is 0. The fraction of sp³-hybridized carbons (Fsp3) is 0.250. The van der Waals surface area contributed by atoms with Gasteiger partial charge >= 0.3 is 0 Å². The van der Waals surface area contributed by atoms with Gasteiger partial charge in [0.25, 0.3) is 0 Å². The number of hydrogen-bond donors (Lipinski definition) is 0. The van der Waals surface area contributed by atoms with Crippen LogP contribution in [-0.2, 0) is 0 Å². The fourth-order valence-electron chi connectivity index (χ4n) is 0.704. The summed E-state index contributed by atoms with van der Waals surface area (Å²) >= 11 is 1.66. The number of rotatable bonds is 2. The summed E-state index contributed by atoms with van der Waals surface area (Å²) in [6.07, 6.45) is 5.57. The van der Waals surface area contributed by atoms with Gasteiger partial charge in [0.2, 0.25) is 0 Å². The van der Waals surface area contributed by atoms with Crippen molar-refractivity contribution in [1.29, 1.82) is 0 Å². The summed E-state index contributed by atoms with van der Waals surface area (Å²) in [6, 6.07) is 1.95. The predicted molar refractivity (Wildman–Crippen MR) is 49.3 cm³/mol. The molecule has 0 radical (unpaired) electrons. The van der Waals surface area contributed by atoms with Gasteiger partial charge in [0, 0.05) is 5.69 Å². The molecule has 0 spiro atoms. The molecule has 0 saturated carbocycles. The molecule has 0 amide bonds. The zero-order valence-electron chi connectivity index (χ0n) is 6.61. The van der Waals surface area contributed by atoms with Gasteiger partial charge < -0.3 is 0 Å². The zero-order valence-corrected chi connectivity index (χ0v) is 7.43. The van der Waals surface area contributed by atoms with Gasteiger partial charge in [-0.15, -0.1) is 11.8 Å². The normalized spacial score (nSPS) is 10.7. The summed E-state index contributed by atoms with van der Waals surface area (Å²) in [7, 11) is 0. The van der Waals surface area contributed by atoms with Crippen molar-refractivity contribution in [2.75, 3.05) is 6.26 Å². The Morgan fingerprint density at radius 3 is 2.91 bits per heavy atom. The van der Waals surface area contributed by atoms with Crippen molar-refractivity contribution in [2.45, 2.75) is 6.92 Å². The molecule has 58 valence electrons. The molecule has 11 heavy (non-hydrogen) atoms. The van der Waals surface area contributed by atoms with Crippen LogP contribution in [0.25, 0.3) is 6.08 Å². The van der Waals surface area contributed by atoms with Gasteiger partial charge in [-0.05, 0) is 30.7 Å².